The lowest BCUT2D eigenvalue weighted by Gasteiger charge is -2.26. The predicted octanol–water partition coefficient (Wildman–Crippen LogP) is 3.49. The van der Waals surface area contributed by atoms with E-state index in [2.05, 4.69) is 18.3 Å². The average Bonchev–Trinajstić information content (AvgIpc) is 2.50. The summed E-state index contributed by atoms with van der Waals surface area (Å²) >= 11 is 1.62. The van der Waals surface area contributed by atoms with E-state index in [1.165, 1.54) is 12.8 Å². The first-order chi connectivity index (χ1) is 10.2. The first-order valence-corrected chi connectivity index (χ1v) is 8.69. The van der Waals surface area contributed by atoms with Crippen LogP contribution in [-0.2, 0) is 10.5 Å². The Morgan fingerprint density at radius 3 is 2.57 bits per heavy atom. The number of hydrogen-bond acceptors (Lipinski definition) is 3. The van der Waals surface area contributed by atoms with Crippen molar-refractivity contribution in [1.82, 2.24) is 5.32 Å². The van der Waals surface area contributed by atoms with Crippen LogP contribution >= 0.6 is 11.8 Å². The number of benzene rings is 1. The van der Waals surface area contributed by atoms with Gasteiger partial charge in [0.05, 0.1) is 17.4 Å². The van der Waals surface area contributed by atoms with Gasteiger partial charge in [0.1, 0.15) is 0 Å². The normalized spacial score (nSPS) is 21.5. The van der Waals surface area contributed by atoms with E-state index in [9.17, 15) is 4.79 Å². The van der Waals surface area contributed by atoms with Gasteiger partial charge in [0.15, 0.2) is 0 Å². The molecule has 1 aliphatic rings. The molecule has 1 aliphatic carbocycles. The van der Waals surface area contributed by atoms with Crippen molar-refractivity contribution in [2.24, 2.45) is 5.92 Å². The summed E-state index contributed by atoms with van der Waals surface area (Å²) in [6.07, 6.45) is 4.69. The molecule has 0 unspecified atom stereocenters. The van der Waals surface area contributed by atoms with Crippen molar-refractivity contribution in [3.8, 4) is 6.07 Å². The maximum Gasteiger partial charge on any atom is 0.230 e. The van der Waals surface area contributed by atoms with E-state index < -0.39 is 0 Å². The summed E-state index contributed by atoms with van der Waals surface area (Å²) in [4.78, 5) is 11.9. The van der Waals surface area contributed by atoms with Gasteiger partial charge in [0, 0.05) is 11.8 Å². The van der Waals surface area contributed by atoms with Crippen molar-refractivity contribution in [2.45, 2.75) is 44.4 Å². The first-order valence-electron chi connectivity index (χ1n) is 7.53. The highest BCUT2D eigenvalue weighted by Gasteiger charge is 2.19. The van der Waals surface area contributed by atoms with Crippen molar-refractivity contribution in [3.63, 3.8) is 0 Å². The Hall–Kier alpha value is -1.47. The van der Waals surface area contributed by atoms with Crippen molar-refractivity contribution in [1.29, 1.82) is 5.26 Å². The molecule has 3 nitrogen and oxygen atoms in total. The number of hydrogen-bond donors (Lipinski definition) is 1. The second-order valence-electron chi connectivity index (χ2n) is 5.83. The molecule has 21 heavy (non-hydrogen) atoms. The SMILES string of the molecule is CC1CCC(NC(=O)CSCc2ccc(C#N)cc2)CC1. The van der Waals surface area contributed by atoms with Gasteiger partial charge in [-0.3, -0.25) is 4.79 Å². The Bertz CT molecular complexity index is 499. The molecular formula is C17H22N2OS. The quantitative estimate of drug-likeness (QED) is 0.906. The summed E-state index contributed by atoms with van der Waals surface area (Å²) in [5.74, 6) is 2.27. The molecule has 0 radical (unpaired) electrons. The average molecular weight is 302 g/mol. The smallest absolute Gasteiger partial charge is 0.230 e. The molecule has 0 heterocycles. The van der Waals surface area contributed by atoms with E-state index >= 15 is 0 Å². The van der Waals surface area contributed by atoms with Gasteiger partial charge in [-0.15, -0.1) is 11.8 Å². The minimum atomic E-state index is 0.146. The predicted molar refractivity (Wildman–Crippen MR) is 86.9 cm³/mol. The van der Waals surface area contributed by atoms with Crippen LogP contribution in [-0.4, -0.2) is 17.7 Å². The highest BCUT2D eigenvalue weighted by molar-refractivity contribution is 7.99. The Balaban J connectivity index is 1.65. The second-order valence-corrected chi connectivity index (χ2v) is 6.81. The van der Waals surface area contributed by atoms with E-state index in [0.29, 0.717) is 17.4 Å². The molecule has 4 heteroatoms. The summed E-state index contributed by atoms with van der Waals surface area (Å²) in [5.41, 5.74) is 1.83. The lowest BCUT2D eigenvalue weighted by atomic mass is 9.87. The molecule has 0 spiro atoms. The van der Waals surface area contributed by atoms with Gasteiger partial charge in [-0.2, -0.15) is 5.26 Å². The van der Waals surface area contributed by atoms with E-state index in [1.54, 1.807) is 11.8 Å². The largest absolute Gasteiger partial charge is 0.353 e. The molecular weight excluding hydrogens is 280 g/mol. The number of carbonyl (C=O) groups is 1. The summed E-state index contributed by atoms with van der Waals surface area (Å²) in [7, 11) is 0. The Kier molecular flexibility index (Phi) is 6.13. The number of nitrogens with zero attached hydrogens (tertiary/aromatic N) is 1. The first kappa shape index (κ1) is 15.9. The molecule has 1 aromatic rings. The third-order valence-corrected chi connectivity index (χ3v) is 4.97. The second kappa shape index (κ2) is 8.09. The minimum absolute atomic E-state index is 0.146. The fraction of sp³-hybridized carbons (Fsp3) is 0.529. The van der Waals surface area contributed by atoms with Gasteiger partial charge in [-0.25, -0.2) is 0 Å². The highest BCUT2D eigenvalue weighted by Crippen LogP contribution is 2.23. The number of carbonyl (C=O) groups excluding carboxylic acids is 1. The zero-order valence-corrected chi connectivity index (χ0v) is 13.3. The number of rotatable bonds is 5. The fourth-order valence-corrected chi connectivity index (χ4v) is 3.41. The van der Waals surface area contributed by atoms with Crippen LogP contribution in [0.25, 0.3) is 0 Å². The van der Waals surface area contributed by atoms with Crippen LogP contribution in [0.4, 0.5) is 0 Å². The van der Waals surface area contributed by atoms with Gasteiger partial charge in [0.2, 0.25) is 5.91 Å². The maximum atomic E-state index is 11.9. The Morgan fingerprint density at radius 2 is 1.95 bits per heavy atom. The van der Waals surface area contributed by atoms with Crippen molar-refractivity contribution >= 4 is 17.7 Å². The number of thioether (sulfide) groups is 1. The lowest BCUT2D eigenvalue weighted by molar-refractivity contribution is -0.119. The molecule has 0 saturated heterocycles. The van der Waals surface area contributed by atoms with Gasteiger partial charge >= 0.3 is 0 Å². The monoisotopic (exact) mass is 302 g/mol. The summed E-state index contributed by atoms with van der Waals surface area (Å²) in [5, 5.41) is 11.9. The van der Waals surface area contributed by atoms with E-state index in [-0.39, 0.29) is 5.91 Å². The van der Waals surface area contributed by atoms with Crippen molar-refractivity contribution in [2.75, 3.05) is 5.75 Å². The molecule has 1 fully saturated rings. The van der Waals surface area contributed by atoms with Crippen molar-refractivity contribution < 1.29 is 4.79 Å². The van der Waals surface area contributed by atoms with E-state index in [4.69, 9.17) is 5.26 Å². The van der Waals surface area contributed by atoms with Crippen LogP contribution in [0.1, 0.15) is 43.7 Å². The molecule has 1 saturated carbocycles. The zero-order valence-electron chi connectivity index (χ0n) is 12.5. The zero-order chi connectivity index (χ0) is 15.1. The van der Waals surface area contributed by atoms with Gasteiger partial charge in [-0.1, -0.05) is 19.1 Å². The standard InChI is InChI=1S/C17H22N2OS/c1-13-2-8-16(9-3-13)19-17(20)12-21-11-15-6-4-14(10-18)5-7-15/h4-7,13,16H,2-3,8-9,11-12H2,1H3,(H,19,20). The van der Waals surface area contributed by atoms with E-state index in [0.717, 1.165) is 30.1 Å². The summed E-state index contributed by atoms with van der Waals surface area (Å²) in [6.45, 7) is 2.28. The van der Waals surface area contributed by atoms with Crippen LogP contribution in [0.15, 0.2) is 24.3 Å². The van der Waals surface area contributed by atoms with E-state index in [1.807, 2.05) is 24.3 Å². The Labute approximate surface area is 131 Å². The molecule has 0 aromatic heterocycles. The van der Waals surface area contributed by atoms with Crippen LogP contribution in [0, 0.1) is 17.2 Å². The lowest BCUT2D eigenvalue weighted by Crippen LogP contribution is -2.38. The van der Waals surface area contributed by atoms with Crippen LogP contribution in [0.5, 0.6) is 0 Å². The fourth-order valence-electron chi connectivity index (χ4n) is 2.61. The number of nitrogens with one attached hydrogen (secondary N) is 1. The highest BCUT2D eigenvalue weighted by atomic mass is 32.2. The Morgan fingerprint density at radius 1 is 1.29 bits per heavy atom. The molecule has 0 aliphatic heterocycles. The third kappa shape index (κ3) is 5.43. The van der Waals surface area contributed by atoms with Crippen LogP contribution < -0.4 is 5.32 Å². The number of nitriles is 1. The molecule has 0 atom stereocenters. The van der Waals surface area contributed by atoms with Crippen LogP contribution in [0.2, 0.25) is 0 Å². The molecule has 1 N–H and O–H groups in total. The maximum absolute atomic E-state index is 11.9. The van der Waals surface area contributed by atoms with Gasteiger partial charge < -0.3 is 5.32 Å². The molecule has 1 aromatic carbocycles. The van der Waals surface area contributed by atoms with Crippen molar-refractivity contribution in [3.05, 3.63) is 35.4 Å². The molecule has 1 amide bonds. The molecule has 0 bridgehead atoms. The third-order valence-electron chi connectivity index (χ3n) is 3.97. The molecule has 2 rings (SSSR count). The van der Waals surface area contributed by atoms with Gasteiger partial charge in [-0.05, 0) is 49.3 Å². The minimum Gasteiger partial charge on any atom is -0.353 e. The summed E-state index contributed by atoms with van der Waals surface area (Å²) < 4.78 is 0. The van der Waals surface area contributed by atoms with Gasteiger partial charge in [0.25, 0.3) is 0 Å². The summed E-state index contributed by atoms with van der Waals surface area (Å²) in [6, 6.07) is 10.0. The van der Waals surface area contributed by atoms with Crippen LogP contribution in [0.3, 0.4) is 0 Å². The molecule has 112 valence electrons. The topological polar surface area (TPSA) is 52.9 Å². The number of amides is 1.